The Morgan fingerprint density at radius 2 is 1.80 bits per heavy atom. The van der Waals surface area contributed by atoms with E-state index in [4.69, 9.17) is 14.6 Å². The van der Waals surface area contributed by atoms with E-state index in [0.29, 0.717) is 19.3 Å². The van der Waals surface area contributed by atoms with E-state index in [2.05, 4.69) is 5.32 Å². The lowest BCUT2D eigenvalue weighted by atomic mass is 9.96. The zero-order chi connectivity index (χ0) is 18.5. The van der Waals surface area contributed by atoms with Crippen molar-refractivity contribution in [3.05, 3.63) is 35.9 Å². The smallest absolute Gasteiger partial charge is 0.407 e. The molecule has 1 aliphatic rings. The number of amides is 1. The molecule has 0 aromatic heterocycles. The molecule has 1 aromatic rings. The van der Waals surface area contributed by atoms with E-state index in [1.165, 1.54) is 19.3 Å². The highest BCUT2D eigenvalue weighted by atomic mass is 16.6. The second-order valence-corrected chi connectivity index (χ2v) is 7.24. The first kappa shape index (κ1) is 21.5. The van der Waals surface area contributed by atoms with Crippen LogP contribution in [0.5, 0.6) is 0 Å². The first-order chi connectivity index (χ1) is 11.9. The van der Waals surface area contributed by atoms with Crippen LogP contribution in [0.1, 0.15) is 58.4 Å². The Hall–Kier alpha value is -1.59. The standard InChI is InChI=1S/C11H21NO2.C9H12O2/c1-11(2,3)14-10(13)12-9-7-5-4-6-8-9;10-6-7-11-8-9-4-2-1-3-5-9/h9H,4-8H2,1-3H3,(H,12,13);1-5,10H,6-8H2. The molecule has 0 saturated heterocycles. The Labute approximate surface area is 151 Å². The summed E-state index contributed by atoms with van der Waals surface area (Å²) in [6.07, 6.45) is 5.66. The number of carbonyl (C=O) groups excluding carboxylic acids is 1. The van der Waals surface area contributed by atoms with Crippen LogP contribution in [0.4, 0.5) is 4.79 Å². The van der Waals surface area contributed by atoms with Crippen LogP contribution in [-0.4, -0.2) is 36.1 Å². The topological polar surface area (TPSA) is 67.8 Å². The lowest BCUT2D eigenvalue weighted by molar-refractivity contribution is 0.0493. The largest absolute Gasteiger partial charge is 0.444 e. The first-order valence-electron chi connectivity index (χ1n) is 9.13. The third kappa shape index (κ3) is 11.6. The van der Waals surface area contributed by atoms with Gasteiger partial charge in [0.1, 0.15) is 5.60 Å². The average Bonchev–Trinajstić information content (AvgIpc) is 2.56. The molecule has 5 nitrogen and oxygen atoms in total. The molecule has 1 aromatic carbocycles. The highest BCUT2D eigenvalue weighted by Gasteiger charge is 2.20. The van der Waals surface area contributed by atoms with Gasteiger partial charge in [0, 0.05) is 6.04 Å². The number of hydrogen-bond acceptors (Lipinski definition) is 4. The van der Waals surface area contributed by atoms with E-state index < -0.39 is 5.60 Å². The summed E-state index contributed by atoms with van der Waals surface area (Å²) in [5.41, 5.74) is 0.750. The minimum atomic E-state index is -0.390. The van der Waals surface area contributed by atoms with Gasteiger partial charge in [-0.2, -0.15) is 0 Å². The van der Waals surface area contributed by atoms with E-state index in [1.807, 2.05) is 51.1 Å². The third-order valence-corrected chi connectivity index (χ3v) is 3.67. The minimum absolute atomic E-state index is 0.0901. The summed E-state index contributed by atoms with van der Waals surface area (Å²) < 4.78 is 10.3. The van der Waals surface area contributed by atoms with E-state index in [0.717, 1.165) is 18.4 Å². The number of benzene rings is 1. The molecule has 0 atom stereocenters. The summed E-state index contributed by atoms with van der Waals surface area (Å²) in [5.74, 6) is 0. The summed E-state index contributed by atoms with van der Waals surface area (Å²) in [7, 11) is 0. The van der Waals surface area contributed by atoms with Crippen molar-refractivity contribution in [2.75, 3.05) is 13.2 Å². The molecule has 0 bridgehead atoms. The highest BCUT2D eigenvalue weighted by molar-refractivity contribution is 5.68. The van der Waals surface area contributed by atoms with Gasteiger partial charge in [0.2, 0.25) is 0 Å². The summed E-state index contributed by atoms with van der Waals surface area (Å²) in [4.78, 5) is 11.4. The Bertz CT molecular complexity index is 464. The number of hydrogen-bond donors (Lipinski definition) is 2. The molecule has 0 unspecified atom stereocenters. The summed E-state index contributed by atoms with van der Waals surface area (Å²) >= 11 is 0. The Morgan fingerprint density at radius 1 is 1.16 bits per heavy atom. The predicted octanol–water partition coefficient (Wildman–Crippen LogP) is 4.04. The second-order valence-electron chi connectivity index (χ2n) is 7.24. The first-order valence-corrected chi connectivity index (χ1v) is 9.13. The Balaban J connectivity index is 0.000000257. The fourth-order valence-corrected chi connectivity index (χ4v) is 2.55. The maximum Gasteiger partial charge on any atom is 0.407 e. The van der Waals surface area contributed by atoms with Gasteiger partial charge in [-0.3, -0.25) is 0 Å². The van der Waals surface area contributed by atoms with Crippen LogP contribution in [0.2, 0.25) is 0 Å². The van der Waals surface area contributed by atoms with E-state index >= 15 is 0 Å². The van der Waals surface area contributed by atoms with Crippen LogP contribution >= 0.6 is 0 Å². The zero-order valence-electron chi connectivity index (χ0n) is 15.8. The fraction of sp³-hybridized carbons (Fsp3) is 0.650. The lowest BCUT2D eigenvalue weighted by Gasteiger charge is -2.25. The van der Waals surface area contributed by atoms with E-state index in [-0.39, 0.29) is 12.7 Å². The number of aliphatic hydroxyl groups is 1. The lowest BCUT2D eigenvalue weighted by Crippen LogP contribution is -2.39. The normalized spacial score (nSPS) is 15.0. The summed E-state index contributed by atoms with van der Waals surface area (Å²) in [5, 5.41) is 11.3. The molecule has 2 N–H and O–H groups in total. The van der Waals surface area contributed by atoms with Crippen molar-refractivity contribution < 1.29 is 19.4 Å². The average molecular weight is 351 g/mol. The quantitative estimate of drug-likeness (QED) is 0.786. The van der Waals surface area contributed by atoms with Crippen molar-refractivity contribution in [2.24, 2.45) is 0 Å². The molecule has 5 heteroatoms. The number of carbonyl (C=O) groups is 1. The van der Waals surface area contributed by atoms with Crippen molar-refractivity contribution in [3.63, 3.8) is 0 Å². The van der Waals surface area contributed by atoms with Gasteiger partial charge in [0.05, 0.1) is 19.8 Å². The number of nitrogens with one attached hydrogen (secondary N) is 1. The van der Waals surface area contributed by atoms with Crippen LogP contribution in [-0.2, 0) is 16.1 Å². The van der Waals surface area contributed by atoms with Gasteiger partial charge >= 0.3 is 6.09 Å². The van der Waals surface area contributed by atoms with Crippen molar-refractivity contribution in [1.29, 1.82) is 0 Å². The molecule has 0 radical (unpaired) electrons. The second kappa shape index (κ2) is 11.9. The monoisotopic (exact) mass is 351 g/mol. The minimum Gasteiger partial charge on any atom is -0.444 e. The maximum atomic E-state index is 11.4. The maximum absolute atomic E-state index is 11.4. The molecule has 0 aliphatic heterocycles. The van der Waals surface area contributed by atoms with Crippen LogP contribution in [0, 0.1) is 0 Å². The van der Waals surface area contributed by atoms with Gasteiger partial charge in [-0.05, 0) is 39.2 Å². The van der Waals surface area contributed by atoms with Crippen molar-refractivity contribution in [1.82, 2.24) is 5.32 Å². The molecule has 0 spiro atoms. The van der Waals surface area contributed by atoms with E-state index in [1.54, 1.807) is 0 Å². The van der Waals surface area contributed by atoms with Crippen molar-refractivity contribution in [3.8, 4) is 0 Å². The number of alkyl carbamates (subject to hydrolysis) is 1. The number of ether oxygens (including phenoxy) is 2. The van der Waals surface area contributed by atoms with Gasteiger partial charge in [-0.15, -0.1) is 0 Å². The van der Waals surface area contributed by atoms with Crippen LogP contribution in [0.25, 0.3) is 0 Å². The SMILES string of the molecule is CC(C)(C)OC(=O)NC1CCCCC1.OCCOCc1ccccc1. The van der Waals surface area contributed by atoms with Crippen LogP contribution in [0.15, 0.2) is 30.3 Å². The van der Waals surface area contributed by atoms with Gasteiger partial charge < -0.3 is 19.9 Å². The molecule has 1 aliphatic carbocycles. The number of rotatable bonds is 5. The van der Waals surface area contributed by atoms with Gasteiger partial charge in [-0.25, -0.2) is 4.79 Å². The van der Waals surface area contributed by atoms with Crippen LogP contribution in [0.3, 0.4) is 0 Å². The molecule has 25 heavy (non-hydrogen) atoms. The van der Waals surface area contributed by atoms with Gasteiger partial charge in [-0.1, -0.05) is 49.6 Å². The molecular weight excluding hydrogens is 318 g/mol. The Morgan fingerprint density at radius 3 is 2.36 bits per heavy atom. The molecule has 1 fully saturated rings. The summed E-state index contributed by atoms with van der Waals surface area (Å²) in [6, 6.07) is 10.2. The molecule has 0 heterocycles. The number of aliphatic hydroxyl groups excluding tert-OH is 1. The molecule has 1 saturated carbocycles. The predicted molar refractivity (Wildman–Crippen MR) is 99.4 cm³/mol. The molecule has 1 amide bonds. The fourth-order valence-electron chi connectivity index (χ4n) is 2.55. The van der Waals surface area contributed by atoms with Gasteiger partial charge in [0.15, 0.2) is 0 Å². The molecular formula is C20H33NO4. The molecule has 2 rings (SSSR count). The van der Waals surface area contributed by atoms with E-state index in [9.17, 15) is 4.79 Å². The summed E-state index contributed by atoms with van der Waals surface area (Å²) in [6.45, 7) is 6.73. The Kier molecular flexibility index (Phi) is 10.2. The highest BCUT2D eigenvalue weighted by Crippen LogP contribution is 2.18. The molecule has 142 valence electrons. The van der Waals surface area contributed by atoms with Gasteiger partial charge in [0.25, 0.3) is 0 Å². The van der Waals surface area contributed by atoms with Crippen molar-refractivity contribution in [2.45, 2.75) is 71.1 Å². The zero-order valence-corrected chi connectivity index (χ0v) is 15.8. The third-order valence-electron chi connectivity index (χ3n) is 3.67. The van der Waals surface area contributed by atoms with Crippen LogP contribution < -0.4 is 5.32 Å². The van der Waals surface area contributed by atoms with Crippen molar-refractivity contribution >= 4 is 6.09 Å².